The van der Waals surface area contributed by atoms with Crippen LogP contribution in [-0.2, 0) is 0 Å². The van der Waals surface area contributed by atoms with Crippen LogP contribution < -0.4 is 0 Å². The maximum absolute atomic E-state index is 9.72. The lowest BCUT2D eigenvalue weighted by Crippen LogP contribution is -2.00. The molecule has 20 heavy (non-hydrogen) atoms. The molecule has 2 rings (SSSR count). The van der Waals surface area contributed by atoms with Gasteiger partial charge in [0.15, 0.2) is 0 Å². The highest BCUT2D eigenvalue weighted by atomic mass is 79.9. The van der Waals surface area contributed by atoms with Crippen LogP contribution in [0.3, 0.4) is 0 Å². The Hall–Kier alpha value is 0.0500. The Labute approximate surface area is 154 Å². The fraction of sp³-hybridized carbons (Fsp3) is 0. The van der Waals surface area contributed by atoms with Crippen LogP contribution in [0.15, 0.2) is 42.2 Å². The van der Waals surface area contributed by atoms with E-state index in [9.17, 15) is 10.2 Å². The number of thiocarbonyl (C=S) groups is 1. The zero-order chi connectivity index (χ0) is 15.0. The summed E-state index contributed by atoms with van der Waals surface area (Å²) in [5.74, 6) is 0.259. The maximum Gasteiger partial charge on any atom is 0.143 e. The quantitative estimate of drug-likeness (QED) is 0.364. The molecule has 0 aromatic heterocycles. The normalized spacial score (nSPS) is 10.6. The predicted octanol–water partition coefficient (Wildman–Crippen LogP) is 5.91. The van der Waals surface area contributed by atoms with Crippen molar-refractivity contribution in [2.24, 2.45) is 0 Å². The zero-order valence-electron chi connectivity index (χ0n) is 9.62. The van der Waals surface area contributed by atoms with E-state index in [0.717, 1.165) is 11.1 Å². The topological polar surface area (TPSA) is 40.5 Å². The molecule has 0 aliphatic carbocycles. The maximum atomic E-state index is 9.72. The van der Waals surface area contributed by atoms with E-state index in [0.29, 0.717) is 22.8 Å². The van der Waals surface area contributed by atoms with Gasteiger partial charge < -0.3 is 10.2 Å². The van der Waals surface area contributed by atoms with Gasteiger partial charge in [0.2, 0.25) is 0 Å². The number of phenols is 2. The molecule has 0 radical (unpaired) electrons. The number of hydrogen-bond acceptors (Lipinski definition) is 3. The summed E-state index contributed by atoms with van der Waals surface area (Å²) in [6.45, 7) is 0. The summed E-state index contributed by atoms with van der Waals surface area (Å²) in [6.07, 6.45) is 0. The molecule has 0 aliphatic heterocycles. The van der Waals surface area contributed by atoms with Crippen molar-refractivity contribution in [3.8, 4) is 11.5 Å². The SMILES string of the molecule is Oc1c(Br)cc(C(=S)c2cc(Br)c(O)c(Br)c2)cc1Br. The van der Waals surface area contributed by atoms with Gasteiger partial charge in [-0.05, 0) is 99.1 Å². The molecule has 0 amide bonds. The molecule has 0 atom stereocenters. The molecule has 0 unspecified atom stereocenters. The third kappa shape index (κ3) is 3.27. The Kier molecular flexibility index (Phi) is 5.29. The fourth-order valence-electron chi connectivity index (χ4n) is 1.56. The third-order valence-corrected chi connectivity index (χ3v) is 5.45. The van der Waals surface area contributed by atoms with Crippen LogP contribution in [0.25, 0.3) is 0 Å². The molecule has 0 aliphatic rings. The monoisotopic (exact) mass is 542 g/mol. The van der Waals surface area contributed by atoms with Gasteiger partial charge in [0.1, 0.15) is 11.5 Å². The van der Waals surface area contributed by atoms with Crippen LogP contribution >= 0.6 is 75.9 Å². The zero-order valence-corrected chi connectivity index (χ0v) is 16.8. The lowest BCUT2D eigenvalue weighted by molar-refractivity contribution is 0.468. The van der Waals surface area contributed by atoms with E-state index in [-0.39, 0.29) is 11.5 Å². The number of rotatable bonds is 2. The first-order chi connectivity index (χ1) is 9.31. The van der Waals surface area contributed by atoms with Crippen molar-refractivity contribution >= 4 is 80.8 Å². The summed E-state index contributed by atoms with van der Waals surface area (Å²) in [5, 5.41) is 19.4. The van der Waals surface area contributed by atoms with E-state index in [4.69, 9.17) is 12.2 Å². The van der Waals surface area contributed by atoms with Crippen LogP contribution in [0.5, 0.6) is 11.5 Å². The Morgan fingerprint density at radius 1 is 0.700 bits per heavy atom. The molecule has 0 spiro atoms. The Balaban J connectivity index is 2.52. The molecule has 0 saturated carbocycles. The van der Waals surface area contributed by atoms with Crippen LogP contribution in [0.1, 0.15) is 11.1 Å². The fourth-order valence-corrected chi connectivity index (χ4v) is 4.17. The van der Waals surface area contributed by atoms with Crippen molar-refractivity contribution in [3.63, 3.8) is 0 Å². The van der Waals surface area contributed by atoms with Crippen molar-refractivity contribution in [2.45, 2.75) is 0 Å². The highest BCUT2D eigenvalue weighted by molar-refractivity contribution is 9.11. The molecular formula is C13H6Br4O2S. The summed E-state index contributed by atoms with van der Waals surface area (Å²) in [7, 11) is 0. The van der Waals surface area contributed by atoms with Gasteiger partial charge in [0.25, 0.3) is 0 Å². The van der Waals surface area contributed by atoms with Crippen LogP contribution in [-0.4, -0.2) is 15.1 Å². The van der Waals surface area contributed by atoms with Crippen molar-refractivity contribution in [2.75, 3.05) is 0 Å². The smallest absolute Gasteiger partial charge is 0.143 e. The Morgan fingerprint density at radius 3 is 1.20 bits per heavy atom. The molecule has 104 valence electrons. The van der Waals surface area contributed by atoms with Crippen molar-refractivity contribution in [1.82, 2.24) is 0 Å². The molecule has 0 heterocycles. The second kappa shape index (κ2) is 6.44. The van der Waals surface area contributed by atoms with E-state index >= 15 is 0 Å². The van der Waals surface area contributed by atoms with E-state index in [2.05, 4.69) is 63.7 Å². The lowest BCUT2D eigenvalue weighted by Gasteiger charge is -2.10. The molecule has 2 N–H and O–H groups in total. The molecule has 0 bridgehead atoms. The minimum absolute atomic E-state index is 0.129. The summed E-state index contributed by atoms with van der Waals surface area (Å²) in [4.78, 5) is 0.604. The van der Waals surface area contributed by atoms with E-state index in [1.54, 1.807) is 24.3 Å². The first-order valence-electron chi connectivity index (χ1n) is 5.22. The summed E-state index contributed by atoms with van der Waals surface area (Å²) in [6, 6.07) is 6.99. The Bertz CT molecular complexity index is 610. The van der Waals surface area contributed by atoms with E-state index in [1.165, 1.54) is 0 Å². The predicted molar refractivity (Wildman–Crippen MR) is 97.8 cm³/mol. The molecule has 7 heteroatoms. The molecule has 0 saturated heterocycles. The van der Waals surface area contributed by atoms with E-state index < -0.39 is 0 Å². The second-order valence-corrected chi connectivity index (χ2v) is 7.73. The average molecular weight is 546 g/mol. The van der Waals surface area contributed by atoms with Crippen molar-refractivity contribution in [3.05, 3.63) is 53.3 Å². The van der Waals surface area contributed by atoms with Gasteiger partial charge in [0.05, 0.1) is 22.8 Å². The summed E-state index contributed by atoms with van der Waals surface area (Å²) >= 11 is 18.6. The number of phenolic OH excluding ortho intramolecular Hbond substituents is 2. The second-order valence-electron chi connectivity index (χ2n) is 3.91. The molecule has 2 aromatic rings. The summed E-state index contributed by atoms with van der Waals surface area (Å²) < 4.78 is 2.23. The third-order valence-electron chi connectivity index (χ3n) is 2.56. The van der Waals surface area contributed by atoms with Gasteiger partial charge in [-0.15, -0.1) is 0 Å². The standard InChI is InChI=1S/C13H6Br4O2S/c14-7-1-5(2-8(15)11(7)18)13(20)6-3-9(16)12(19)10(17)4-6/h1-4,18-19H. The van der Waals surface area contributed by atoms with Crippen molar-refractivity contribution in [1.29, 1.82) is 0 Å². The molecule has 2 aromatic carbocycles. The van der Waals surface area contributed by atoms with E-state index in [1.807, 2.05) is 0 Å². The first-order valence-corrected chi connectivity index (χ1v) is 8.80. The largest absolute Gasteiger partial charge is 0.506 e. The van der Waals surface area contributed by atoms with Crippen molar-refractivity contribution < 1.29 is 10.2 Å². The number of aromatic hydroxyl groups is 2. The first kappa shape index (κ1) is 16.4. The van der Waals surface area contributed by atoms with Gasteiger partial charge in [0, 0.05) is 0 Å². The van der Waals surface area contributed by atoms with Gasteiger partial charge in [-0.25, -0.2) is 0 Å². The Morgan fingerprint density at radius 2 is 0.950 bits per heavy atom. The summed E-state index contributed by atoms with van der Waals surface area (Å²) in [5.41, 5.74) is 1.56. The molecular weight excluding hydrogens is 540 g/mol. The molecule has 2 nitrogen and oxygen atoms in total. The van der Waals surface area contributed by atoms with Gasteiger partial charge in [-0.3, -0.25) is 0 Å². The lowest BCUT2D eigenvalue weighted by atomic mass is 10.0. The van der Waals surface area contributed by atoms with Gasteiger partial charge >= 0.3 is 0 Å². The molecule has 0 fully saturated rings. The van der Waals surface area contributed by atoms with Gasteiger partial charge in [-0.1, -0.05) is 12.2 Å². The average Bonchev–Trinajstić information content (AvgIpc) is 2.40. The van der Waals surface area contributed by atoms with Crippen LogP contribution in [0, 0.1) is 0 Å². The minimum Gasteiger partial charge on any atom is -0.506 e. The highest BCUT2D eigenvalue weighted by Crippen LogP contribution is 2.36. The van der Waals surface area contributed by atoms with Gasteiger partial charge in [-0.2, -0.15) is 0 Å². The van der Waals surface area contributed by atoms with Crippen LogP contribution in [0.2, 0.25) is 0 Å². The number of hydrogen-bond donors (Lipinski definition) is 2. The number of benzene rings is 2. The van der Waals surface area contributed by atoms with Crippen LogP contribution in [0.4, 0.5) is 0 Å². The highest BCUT2D eigenvalue weighted by Gasteiger charge is 2.13. The minimum atomic E-state index is 0.129. The number of halogens is 4.